The summed E-state index contributed by atoms with van der Waals surface area (Å²) in [6, 6.07) is 0. The zero-order chi connectivity index (χ0) is 14.8. The summed E-state index contributed by atoms with van der Waals surface area (Å²) in [6.07, 6.45) is 2.50. The van der Waals surface area contributed by atoms with Crippen LogP contribution < -0.4 is 0 Å². The summed E-state index contributed by atoms with van der Waals surface area (Å²) < 4.78 is 34.0. The molecular weight excluding hydrogens is 281 g/mol. The van der Waals surface area contributed by atoms with Crippen LogP contribution in [0.1, 0.15) is 33.6 Å². The Morgan fingerprint density at radius 3 is 2.45 bits per heavy atom. The summed E-state index contributed by atoms with van der Waals surface area (Å²) in [7, 11) is -3.04. The van der Waals surface area contributed by atoms with E-state index in [0.717, 1.165) is 19.4 Å². The Morgan fingerprint density at radius 1 is 1.25 bits per heavy atom. The number of hydrogen-bond acceptors (Lipinski definition) is 6. The van der Waals surface area contributed by atoms with Gasteiger partial charge in [-0.25, -0.2) is 0 Å². The highest BCUT2D eigenvalue weighted by Crippen LogP contribution is 2.48. The van der Waals surface area contributed by atoms with Crippen molar-refractivity contribution in [2.24, 2.45) is 0 Å². The molecule has 0 aromatic heterocycles. The molecule has 120 valence electrons. The van der Waals surface area contributed by atoms with Gasteiger partial charge in [0.25, 0.3) is 0 Å². The Morgan fingerprint density at radius 2 is 1.95 bits per heavy atom. The van der Waals surface area contributed by atoms with Gasteiger partial charge in [-0.1, -0.05) is 13.3 Å². The van der Waals surface area contributed by atoms with Crippen molar-refractivity contribution in [1.82, 2.24) is 4.90 Å². The van der Waals surface area contributed by atoms with Crippen LogP contribution >= 0.6 is 7.60 Å². The number of unbranched alkanes of at least 4 members (excludes halogenated alkanes) is 1. The lowest BCUT2D eigenvalue weighted by Crippen LogP contribution is -2.35. The molecule has 0 saturated carbocycles. The van der Waals surface area contributed by atoms with Crippen molar-refractivity contribution < 1.29 is 23.1 Å². The van der Waals surface area contributed by atoms with Gasteiger partial charge in [-0.15, -0.1) is 0 Å². The third-order valence-corrected chi connectivity index (χ3v) is 5.05. The van der Waals surface area contributed by atoms with E-state index >= 15 is 0 Å². The van der Waals surface area contributed by atoms with Gasteiger partial charge in [-0.05, 0) is 26.8 Å². The first-order chi connectivity index (χ1) is 9.63. The maximum absolute atomic E-state index is 12.6. The normalized spacial score (nSPS) is 19.9. The first-order valence-corrected chi connectivity index (χ1v) is 9.16. The van der Waals surface area contributed by atoms with Crippen molar-refractivity contribution in [3.05, 3.63) is 0 Å². The summed E-state index contributed by atoms with van der Waals surface area (Å²) >= 11 is 0. The molecule has 1 unspecified atom stereocenters. The standard InChI is InChI=1S/C13H28NO5P/c1-4-7-8-14(9-13-10-16-12-17-13)11-20(15,18-5-2)19-6-3/h13H,4-12H2,1-3H3. The lowest BCUT2D eigenvalue weighted by Gasteiger charge is -2.28. The molecule has 0 aromatic carbocycles. The van der Waals surface area contributed by atoms with Crippen LogP contribution in [0.2, 0.25) is 0 Å². The highest BCUT2D eigenvalue weighted by molar-refractivity contribution is 7.53. The van der Waals surface area contributed by atoms with Crippen LogP contribution in [0.15, 0.2) is 0 Å². The third kappa shape index (κ3) is 6.66. The maximum Gasteiger partial charge on any atom is 0.344 e. The van der Waals surface area contributed by atoms with Gasteiger partial charge in [-0.3, -0.25) is 9.46 Å². The van der Waals surface area contributed by atoms with E-state index < -0.39 is 7.60 Å². The highest BCUT2D eigenvalue weighted by atomic mass is 31.2. The van der Waals surface area contributed by atoms with Crippen molar-refractivity contribution in [2.75, 3.05) is 46.0 Å². The van der Waals surface area contributed by atoms with Crippen molar-refractivity contribution in [1.29, 1.82) is 0 Å². The summed E-state index contributed by atoms with van der Waals surface area (Å²) in [4.78, 5) is 2.11. The van der Waals surface area contributed by atoms with Gasteiger partial charge >= 0.3 is 7.60 Å². The monoisotopic (exact) mass is 309 g/mol. The lowest BCUT2D eigenvalue weighted by atomic mass is 10.3. The van der Waals surface area contributed by atoms with Crippen LogP contribution in [0.5, 0.6) is 0 Å². The van der Waals surface area contributed by atoms with Gasteiger partial charge in [0, 0.05) is 6.54 Å². The second-order valence-corrected chi connectivity index (χ2v) is 6.82. The van der Waals surface area contributed by atoms with E-state index in [1.54, 1.807) is 0 Å². The minimum Gasteiger partial charge on any atom is -0.353 e. The predicted octanol–water partition coefficient (Wildman–Crippen LogP) is 2.69. The van der Waals surface area contributed by atoms with E-state index in [4.69, 9.17) is 18.5 Å². The second kappa shape index (κ2) is 9.87. The zero-order valence-corrected chi connectivity index (χ0v) is 13.8. The largest absolute Gasteiger partial charge is 0.353 e. The second-order valence-electron chi connectivity index (χ2n) is 4.80. The highest BCUT2D eigenvalue weighted by Gasteiger charge is 2.29. The fourth-order valence-corrected chi connectivity index (χ4v) is 3.90. The average Bonchev–Trinajstić information content (AvgIpc) is 2.89. The predicted molar refractivity (Wildman–Crippen MR) is 77.9 cm³/mol. The molecule has 6 nitrogen and oxygen atoms in total. The molecule has 7 heteroatoms. The van der Waals surface area contributed by atoms with E-state index in [1.807, 2.05) is 13.8 Å². The Balaban J connectivity index is 2.57. The summed E-state index contributed by atoms with van der Waals surface area (Å²) in [5.74, 6) is 0. The van der Waals surface area contributed by atoms with Crippen molar-refractivity contribution in [2.45, 2.75) is 39.7 Å². The van der Waals surface area contributed by atoms with Crippen LogP contribution in [0.3, 0.4) is 0 Å². The van der Waals surface area contributed by atoms with E-state index in [1.165, 1.54) is 0 Å². The van der Waals surface area contributed by atoms with Gasteiger partial charge in [0.2, 0.25) is 0 Å². The quantitative estimate of drug-likeness (QED) is 0.547. The molecule has 0 spiro atoms. The molecule has 1 aliphatic rings. The number of hydrogen-bond donors (Lipinski definition) is 0. The molecule has 0 aliphatic carbocycles. The molecule has 0 bridgehead atoms. The zero-order valence-electron chi connectivity index (χ0n) is 12.9. The smallest absolute Gasteiger partial charge is 0.344 e. The molecule has 0 radical (unpaired) electrons. The van der Waals surface area contributed by atoms with Crippen LogP contribution in [-0.2, 0) is 23.1 Å². The SMILES string of the molecule is CCCCN(CC1COCO1)CP(=O)(OCC)OCC. The van der Waals surface area contributed by atoms with Gasteiger partial charge in [0.15, 0.2) is 0 Å². The minimum absolute atomic E-state index is 0.0450. The number of rotatable bonds is 11. The Hall–Kier alpha value is 0.0300. The first-order valence-electron chi connectivity index (χ1n) is 7.43. The average molecular weight is 309 g/mol. The molecule has 0 N–H and O–H groups in total. The lowest BCUT2D eigenvalue weighted by molar-refractivity contribution is 0.0358. The third-order valence-electron chi connectivity index (χ3n) is 3.01. The molecule has 1 atom stereocenters. The van der Waals surface area contributed by atoms with Crippen molar-refractivity contribution in [3.8, 4) is 0 Å². The molecule has 1 aliphatic heterocycles. The van der Waals surface area contributed by atoms with E-state index in [2.05, 4.69) is 11.8 Å². The van der Waals surface area contributed by atoms with Crippen LogP contribution in [0.25, 0.3) is 0 Å². The van der Waals surface area contributed by atoms with E-state index in [-0.39, 0.29) is 6.10 Å². The van der Waals surface area contributed by atoms with Gasteiger partial charge in [0.1, 0.15) is 13.1 Å². The van der Waals surface area contributed by atoms with E-state index in [0.29, 0.717) is 39.4 Å². The molecular formula is C13H28NO5P. The topological polar surface area (TPSA) is 57.2 Å². The van der Waals surface area contributed by atoms with E-state index in [9.17, 15) is 4.57 Å². The molecule has 1 heterocycles. The fraction of sp³-hybridized carbons (Fsp3) is 1.00. The van der Waals surface area contributed by atoms with Crippen LogP contribution in [0.4, 0.5) is 0 Å². The minimum atomic E-state index is -3.04. The summed E-state index contributed by atoms with van der Waals surface area (Å²) in [5.41, 5.74) is 0. The molecule has 1 fully saturated rings. The van der Waals surface area contributed by atoms with Gasteiger partial charge < -0.3 is 18.5 Å². The first kappa shape index (κ1) is 18.1. The van der Waals surface area contributed by atoms with Crippen molar-refractivity contribution >= 4 is 7.60 Å². The molecule has 0 aromatic rings. The van der Waals surface area contributed by atoms with Gasteiger partial charge in [0.05, 0.1) is 25.9 Å². The maximum atomic E-state index is 12.6. The summed E-state index contributed by atoms with van der Waals surface area (Å²) in [5, 5.41) is 0. The summed E-state index contributed by atoms with van der Waals surface area (Å²) in [6.45, 7) is 9.08. The number of nitrogens with zero attached hydrogens (tertiary/aromatic N) is 1. The number of ether oxygens (including phenoxy) is 2. The molecule has 20 heavy (non-hydrogen) atoms. The van der Waals surface area contributed by atoms with Crippen LogP contribution in [0, 0.1) is 0 Å². The molecule has 0 amide bonds. The Kier molecular flexibility index (Phi) is 8.93. The Bertz CT molecular complexity index is 286. The molecule has 1 saturated heterocycles. The van der Waals surface area contributed by atoms with Crippen LogP contribution in [-0.4, -0.2) is 57.0 Å². The molecule has 1 rings (SSSR count). The van der Waals surface area contributed by atoms with Crippen molar-refractivity contribution in [3.63, 3.8) is 0 Å². The van der Waals surface area contributed by atoms with Gasteiger partial charge in [-0.2, -0.15) is 0 Å². The Labute approximate surface area is 122 Å². The fourth-order valence-electron chi connectivity index (χ4n) is 2.12.